The van der Waals surface area contributed by atoms with Gasteiger partial charge >= 0.3 is 0 Å². The second kappa shape index (κ2) is 7.95. The lowest BCUT2D eigenvalue weighted by Gasteiger charge is -2.09. The van der Waals surface area contributed by atoms with Gasteiger partial charge in [-0.25, -0.2) is 13.1 Å². The molecule has 2 aromatic carbocycles. The van der Waals surface area contributed by atoms with E-state index in [-0.39, 0.29) is 5.75 Å². The molecule has 0 heterocycles. The largest absolute Gasteiger partial charge is 0.496 e. The summed E-state index contributed by atoms with van der Waals surface area (Å²) in [6.45, 7) is 2.27. The highest BCUT2D eigenvalue weighted by Gasteiger charge is 2.11. The molecule has 126 valence electrons. The highest BCUT2D eigenvalue weighted by molar-refractivity contribution is 7.88. The van der Waals surface area contributed by atoms with E-state index in [0.29, 0.717) is 24.1 Å². The fourth-order valence-electron chi connectivity index (χ4n) is 2.37. The maximum atomic E-state index is 12.1. The van der Waals surface area contributed by atoms with Crippen LogP contribution in [0.2, 0.25) is 0 Å². The van der Waals surface area contributed by atoms with Crippen LogP contribution in [0, 0.1) is 18.3 Å². The minimum Gasteiger partial charge on any atom is -0.496 e. The van der Waals surface area contributed by atoms with Crippen molar-refractivity contribution in [1.82, 2.24) is 4.72 Å². The summed E-state index contributed by atoms with van der Waals surface area (Å²) in [5, 5.41) is 8.86. The van der Waals surface area contributed by atoms with Crippen LogP contribution in [0.3, 0.4) is 0 Å². The lowest BCUT2D eigenvalue weighted by atomic mass is 10.1. The molecule has 0 saturated carbocycles. The number of ether oxygens (including phenoxy) is 1. The van der Waals surface area contributed by atoms with Crippen molar-refractivity contribution in [3.8, 4) is 11.8 Å². The smallest absolute Gasteiger partial charge is 0.215 e. The molecular formula is C18H20N2O3S. The standard InChI is InChI=1S/C18H20N2O3S/c1-14-6-7-15(11-18(14)23-2)8-9-20-24(21,22)13-17-5-3-4-16(10-17)12-19/h3-7,10-11,20H,8-9,13H2,1-2H3. The molecule has 2 aromatic rings. The second-order valence-electron chi connectivity index (χ2n) is 5.52. The predicted molar refractivity (Wildman–Crippen MR) is 93.2 cm³/mol. The van der Waals surface area contributed by atoms with Gasteiger partial charge in [-0.2, -0.15) is 5.26 Å². The number of sulfonamides is 1. The summed E-state index contributed by atoms with van der Waals surface area (Å²) in [6, 6.07) is 14.5. The minimum atomic E-state index is -3.44. The van der Waals surface area contributed by atoms with Crippen LogP contribution < -0.4 is 9.46 Å². The van der Waals surface area contributed by atoms with Crippen molar-refractivity contribution in [3.05, 3.63) is 64.7 Å². The third-order valence-corrected chi connectivity index (χ3v) is 4.98. The van der Waals surface area contributed by atoms with Crippen molar-refractivity contribution >= 4 is 10.0 Å². The van der Waals surface area contributed by atoms with Gasteiger partial charge in [-0.3, -0.25) is 0 Å². The van der Waals surface area contributed by atoms with Crippen molar-refractivity contribution in [3.63, 3.8) is 0 Å². The van der Waals surface area contributed by atoms with Gasteiger partial charge in [-0.1, -0.05) is 24.3 Å². The predicted octanol–water partition coefficient (Wildman–Crippen LogP) is 2.54. The molecule has 0 amide bonds. The van der Waals surface area contributed by atoms with Crippen LogP contribution in [0.25, 0.3) is 0 Å². The van der Waals surface area contributed by atoms with E-state index in [9.17, 15) is 8.42 Å². The molecule has 0 bridgehead atoms. The molecule has 0 aliphatic rings. The van der Waals surface area contributed by atoms with E-state index in [2.05, 4.69) is 4.72 Å². The number of hydrogen-bond donors (Lipinski definition) is 1. The van der Waals surface area contributed by atoms with E-state index < -0.39 is 10.0 Å². The number of benzene rings is 2. The summed E-state index contributed by atoms with van der Waals surface area (Å²) in [5.41, 5.74) is 3.10. The number of rotatable bonds is 7. The average Bonchev–Trinajstić information content (AvgIpc) is 2.56. The van der Waals surface area contributed by atoms with Crippen molar-refractivity contribution in [2.75, 3.05) is 13.7 Å². The Hall–Kier alpha value is -2.36. The van der Waals surface area contributed by atoms with E-state index in [1.165, 1.54) is 0 Å². The van der Waals surface area contributed by atoms with Crippen molar-refractivity contribution in [2.45, 2.75) is 19.1 Å². The molecule has 5 nitrogen and oxygen atoms in total. The second-order valence-corrected chi connectivity index (χ2v) is 7.33. The summed E-state index contributed by atoms with van der Waals surface area (Å²) in [6.07, 6.45) is 0.577. The first-order valence-corrected chi connectivity index (χ1v) is 9.18. The molecule has 0 unspecified atom stereocenters. The Morgan fingerprint density at radius 1 is 1.17 bits per heavy atom. The van der Waals surface area contributed by atoms with Gasteiger partial charge < -0.3 is 4.74 Å². The third kappa shape index (κ3) is 5.08. The van der Waals surface area contributed by atoms with E-state index in [0.717, 1.165) is 16.9 Å². The van der Waals surface area contributed by atoms with Crippen LogP contribution >= 0.6 is 0 Å². The molecule has 1 N–H and O–H groups in total. The summed E-state index contributed by atoms with van der Waals surface area (Å²) in [4.78, 5) is 0. The van der Waals surface area contributed by atoms with Crippen LogP contribution in [0.15, 0.2) is 42.5 Å². The van der Waals surface area contributed by atoms with E-state index in [1.54, 1.807) is 31.4 Å². The van der Waals surface area contributed by atoms with Crippen LogP contribution in [-0.2, 0) is 22.2 Å². The normalized spacial score (nSPS) is 11.0. The maximum Gasteiger partial charge on any atom is 0.215 e. The zero-order valence-corrected chi connectivity index (χ0v) is 14.6. The number of aryl methyl sites for hydroxylation is 1. The summed E-state index contributed by atoms with van der Waals surface area (Å²) < 4.78 is 32.2. The van der Waals surface area contributed by atoms with Gasteiger partial charge in [0.1, 0.15) is 5.75 Å². The minimum absolute atomic E-state index is 0.139. The van der Waals surface area contributed by atoms with Gasteiger partial charge in [0.15, 0.2) is 0 Å². The molecule has 24 heavy (non-hydrogen) atoms. The highest BCUT2D eigenvalue weighted by Crippen LogP contribution is 2.19. The molecule has 0 aromatic heterocycles. The number of nitrogens with one attached hydrogen (secondary N) is 1. The molecule has 0 saturated heterocycles. The molecule has 0 radical (unpaired) electrons. The van der Waals surface area contributed by atoms with Gasteiger partial charge in [-0.15, -0.1) is 0 Å². The topological polar surface area (TPSA) is 79.2 Å². The quantitative estimate of drug-likeness (QED) is 0.837. The first-order valence-electron chi connectivity index (χ1n) is 7.53. The zero-order valence-electron chi connectivity index (χ0n) is 13.7. The molecule has 6 heteroatoms. The fraction of sp³-hybridized carbons (Fsp3) is 0.278. The molecule has 2 rings (SSSR count). The first kappa shape index (κ1) is 18.0. The lowest BCUT2D eigenvalue weighted by Crippen LogP contribution is -2.27. The van der Waals surface area contributed by atoms with Gasteiger partial charge in [0.05, 0.1) is 24.5 Å². The average molecular weight is 344 g/mol. The van der Waals surface area contributed by atoms with Gasteiger partial charge in [-0.05, 0) is 48.2 Å². The van der Waals surface area contributed by atoms with Crippen LogP contribution in [-0.4, -0.2) is 22.1 Å². The Labute approximate surface area is 142 Å². The third-order valence-electron chi connectivity index (χ3n) is 3.62. The number of nitriles is 1. The Morgan fingerprint density at radius 2 is 1.96 bits per heavy atom. The van der Waals surface area contributed by atoms with Gasteiger partial charge in [0, 0.05) is 6.54 Å². The molecule has 0 aliphatic carbocycles. The van der Waals surface area contributed by atoms with Gasteiger partial charge in [0.25, 0.3) is 0 Å². The van der Waals surface area contributed by atoms with Crippen molar-refractivity contribution in [2.24, 2.45) is 0 Å². The Balaban J connectivity index is 1.94. The Kier molecular flexibility index (Phi) is 5.96. The molecule has 0 atom stereocenters. The fourth-order valence-corrected chi connectivity index (χ4v) is 3.51. The van der Waals surface area contributed by atoms with Crippen LogP contribution in [0.1, 0.15) is 22.3 Å². The SMILES string of the molecule is COc1cc(CCNS(=O)(=O)Cc2cccc(C#N)c2)ccc1C. The lowest BCUT2D eigenvalue weighted by molar-refractivity contribution is 0.411. The summed E-state index contributed by atoms with van der Waals surface area (Å²) in [5.74, 6) is 0.656. The molecular weight excluding hydrogens is 324 g/mol. The van der Waals surface area contributed by atoms with E-state index in [4.69, 9.17) is 10.00 Å². The monoisotopic (exact) mass is 344 g/mol. The number of methoxy groups -OCH3 is 1. The zero-order chi connectivity index (χ0) is 17.6. The first-order chi connectivity index (χ1) is 11.4. The Bertz CT molecular complexity index is 855. The van der Waals surface area contributed by atoms with Crippen LogP contribution in [0.4, 0.5) is 0 Å². The van der Waals surface area contributed by atoms with Crippen molar-refractivity contribution in [1.29, 1.82) is 5.26 Å². The van der Waals surface area contributed by atoms with E-state index >= 15 is 0 Å². The highest BCUT2D eigenvalue weighted by atomic mass is 32.2. The number of hydrogen-bond acceptors (Lipinski definition) is 4. The van der Waals surface area contributed by atoms with Gasteiger partial charge in [0.2, 0.25) is 10.0 Å². The molecule has 0 fully saturated rings. The molecule has 0 spiro atoms. The maximum absolute atomic E-state index is 12.1. The van der Waals surface area contributed by atoms with Crippen LogP contribution in [0.5, 0.6) is 5.75 Å². The summed E-state index contributed by atoms with van der Waals surface area (Å²) in [7, 11) is -1.83. The number of nitrogens with zero attached hydrogens (tertiary/aromatic N) is 1. The van der Waals surface area contributed by atoms with Crippen molar-refractivity contribution < 1.29 is 13.2 Å². The van der Waals surface area contributed by atoms with E-state index in [1.807, 2.05) is 31.2 Å². The molecule has 0 aliphatic heterocycles. The Morgan fingerprint density at radius 3 is 2.67 bits per heavy atom. The summed E-state index contributed by atoms with van der Waals surface area (Å²) >= 11 is 0.